The molecular formula is C24H25N5O2. The van der Waals surface area contributed by atoms with Crippen molar-refractivity contribution < 1.29 is 9.53 Å². The molecule has 0 spiro atoms. The van der Waals surface area contributed by atoms with Gasteiger partial charge in [-0.25, -0.2) is 4.68 Å². The van der Waals surface area contributed by atoms with Gasteiger partial charge in [-0.2, -0.15) is 10.4 Å². The van der Waals surface area contributed by atoms with E-state index in [1.54, 1.807) is 17.9 Å². The Morgan fingerprint density at radius 2 is 2.06 bits per heavy atom. The molecule has 2 aromatic carbocycles. The van der Waals surface area contributed by atoms with Crippen LogP contribution in [-0.4, -0.2) is 29.3 Å². The minimum atomic E-state index is -0.196. The molecule has 0 unspecified atom stereocenters. The molecule has 0 aliphatic carbocycles. The Hall–Kier alpha value is -4.05. The summed E-state index contributed by atoms with van der Waals surface area (Å²) in [7, 11) is 1.60. The Bertz CT molecular complexity index is 1130. The van der Waals surface area contributed by atoms with Gasteiger partial charge < -0.3 is 15.8 Å². The van der Waals surface area contributed by atoms with Gasteiger partial charge in [-0.15, -0.1) is 0 Å². The lowest BCUT2D eigenvalue weighted by molar-refractivity contribution is -0.116. The van der Waals surface area contributed by atoms with E-state index in [-0.39, 0.29) is 5.91 Å². The molecule has 0 bridgehead atoms. The lowest BCUT2D eigenvalue weighted by Crippen LogP contribution is -2.22. The van der Waals surface area contributed by atoms with Gasteiger partial charge in [-0.1, -0.05) is 29.8 Å². The maximum Gasteiger partial charge on any atom is 0.244 e. The van der Waals surface area contributed by atoms with E-state index in [0.29, 0.717) is 42.2 Å². The summed E-state index contributed by atoms with van der Waals surface area (Å²) in [5.74, 6) is 0.839. The molecule has 158 valence electrons. The van der Waals surface area contributed by atoms with Gasteiger partial charge in [0.15, 0.2) is 0 Å². The fraction of sp³-hybridized carbons (Fsp3) is 0.208. The Morgan fingerprint density at radius 1 is 1.29 bits per heavy atom. The maximum absolute atomic E-state index is 12.1. The van der Waals surface area contributed by atoms with Gasteiger partial charge in [0, 0.05) is 18.2 Å². The zero-order valence-corrected chi connectivity index (χ0v) is 17.6. The van der Waals surface area contributed by atoms with Crippen molar-refractivity contribution in [3.8, 4) is 17.5 Å². The summed E-state index contributed by atoms with van der Waals surface area (Å²) in [4.78, 5) is 12.1. The fourth-order valence-electron chi connectivity index (χ4n) is 3.22. The minimum absolute atomic E-state index is 0.196. The van der Waals surface area contributed by atoms with Gasteiger partial charge in [0.05, 0.1) is 18.5 Å². The molecule has 1 aromatic heterocycles. The zero-order valence-electron chi connectivity index (χ0n) is 17.6. The molecule has 0 saturated heterocycles. The molecule has 0 fully saturated rings. The van der Waals surface area contributed by atoms with Gasteiger partial charge in [0.25, 0.3) is 0 Å². The van der Waals surface area contributed by atoms with E-state index in [0.717, 1.165) is 16.8 Å². The second-order valence-corrected chi connectivity index (χ2v) is 7.04. The third-order valence-electron chi connectivity index (χ3n) is 4.80. The van der Waals surface area contributed by atoms with Crippen LogP contribution in [0.25, 0.3) is 11.8 Å². The summed E-state index contributed by atoms with van der Waals surface area (Å²) in [6, 6.07) is 17.4. The highest BCUT2D eigenvalue weighted by molar-refractivity contribution is 5.92. The number of methoxy groups -OCH3 is 1. The molecule has 0 aliphatic heterocycles. The largest absolute Gasteiger partial charge is 0.496 e. The number of benzene rings is 2. The first kappa shape index (κ1) is 21.7. The van der Waals surface area contributed by atoms with Crippen molar-refractivity contribution >= 4 is 17.8 Å². The van der Waals surface area contributed by atoms with E-state index in [2.05, 4.69) is 16.5 Å². The van der Waals surface area contributed by atoms with Gasteiger partial charge >= 0.3 is 0 Å². The third kappa shape index (κ3) is 5.31. The maximum atomic E-state index is 12.1. The lowest BCUT2D eigenvalue weighted by Gasteiger charge is -2.06. The topological polar surface area (TPSA) is 106 Å². The third-order valence-corrected chi connectivity index (χ3v) is 4.80. The Kier molecular flexibility index (Phi) is 7.07. The number of aromatic nitrogens is 2. The average Bonchev–Trinajstić information content (AvgIpc) is 3.11. The highest BCUT2D eigenvalue weighted by atomic mass is 16.5. The highest BCUT2D eigenvalue weighted by Gasteiger charge is 2.16. The van der Waals surface area contributed by atoms with Crippen LogP contribution >= 0.6 is 0 Å². The van der Waals surface area contributed by atoms with Gasteiger partial charge in [-0.05, 0) is 50.1 Å². The van der Waals surface area contributed by atoms with Crippen molar-refractivity contribution in [2.45, 2.75) is 19.8 Å². The number of carbonyl (C=O) groups is 1. The van der Waals surface area contributed by atoms with Crippen LogP contribution in [0.4, 0.5) is 5.82 Å². The molecule has 3 aromatic rings. The van der Waals surface area contributed by atoms with Gasteiger partial charge in [-0.3, -0.25) is 4.79 Å². The van der Waals surface area contributed by atoms with Crippen LogP contribution in [0.1, 0.15) is 28.8 Å². The molecule has 0 radical (unpaired) electrons. The van der Waals surface area contributed by atoms with Crippen molar-refractivity contribution in [1.29, 1.82) is 5.26 Å². The molecule has 7 heteroatoms. The Morgan fingerprint density at radius 3 is 2.77 bits per heavy atom. The summed E-state index contributed by atoms with van der Waals surface area (Å²) in [6.07, 6.45) is 4.38. The number of nitrogens with zero attached hydrogens (tertiary/aromatic N) is 3. The van der Waals surface area contributed by atoms with Crippen molar-refractivity contribution in [1.82, 2.24) is 15.1 Å². The second kappa shape index (κ2) is 10.1. The minimum Gasteiger partial charge on any atom is -0.496 e. The van der Waals surface area contributed by atoms with E-state index < -0.39 is 0 Å². The molecule has 7 nitrogen and oxygen atoms in total. The molecule has 0 atom stereocenters. The number of hydrogen-bond donors (Lipinski definition) is 2. The van der Waals surface area contributed by atoms with Crippen molar-refractivity contribution in [3.05, 3.63) is 77.0 Å². The summed E-state index contributed by atoms with van der Waals surface area (Å²) in [5.41, 5.74) is 9.85. The first-order valence-electron chi connectivity index (χ1n) is 9.97. The predicted octanol–water partition coefficient (Wildman–Crippen LogP) is 3.41. The van der Waals surface area contributed by atoms with Crippen LogP contribution in [-0.2, 0) is 11.2 Å². The molecule has 3 N–H and O–H groups in total. The Labute approximate surface area is 181 Å². The van der Waals surface area contributed by atoms with Crippen LogP contribution in [0.3, 0.4) is 0 Å². The summed E-state index contributed by atoms with van der Waals surface area (Å²) < 4.78 is 6.89. The number of nitrogen functional groups attached to an aromatic ring is 1. The number of aryl methyl sites for hydroxylation is 2. The van der Waals surface area contributed by atoms with Crippen LogP contribution in [0, 0.1) is 18.3 Å². The molecule has 31 heavy (non-hydrogen) atoms. The quantitative estimate of drug-likeness (QED) is 0.433. The molecule has 0 saturated carbocycles. The van der Waals surface area contributed by atoms with Crippen LogP contribution in [0.5, 0.6) is 5.75 Å². The van der Waals surface area contributed by atoms with E-state index in [9.17, 15) is 10.1 Å². The van der Waals surface area contributed by atoms with Crippen LogP contribution < -0.4 is 15.8 Å². The number of ether oxygens (including phenoxy) is 1. The zero-order chi connectivity index (χ0) is 22.2. The number of nitrogens with two attached hydrogens (primary N) is 1. The van der Waals surface area contributed by atoms with E-state index >= 15 is 0 Å². The number of carbonyl (C=O) groups excluding carboxylic acids is 1. The van der Waals surface area contributed by atoms with Crippen LogP contribution in [0.2, 0.25) is 0 Å². The standard InChI is InChI=1S/C24H25N5O2/c1-17-10-12-22(31-2)18(15-17)11-13-23(30)27-14-6-9-21-20(16-25)24(26)29(28-21)19-7-4-3-5-8-19/h3-5,7-8,10-13,15H,6,9,14,26H2,1-2H3,(H,27,30)/b13-11+. The molecule has 1 amide bonds. The first-order chi connectivity index (χ1) is 15.0. The molecule has 0 aliphatic rings. The summed E-state index contributed by atoms with van der Waals surface area (Å²) in [6.45, 7) is 2.44. The Balaban J connectivity index is 1.57. The number of rotatable bonds is 8. The normalized spacial score (nSPS) is 10.7. The number of para-hydroxylation sites is 1. The monoisotopic (exact) mass is 415 g/mol. The van der Waals surface area contributed by atoms with Crippen LogP contribution in [0.15, 0.2) is 54.6 Å². The number of nitrogens with one attached hydrogen (secondary N) is 1. The summed E-state index contributed by atoms with van der Waals surface area (Å²) >= 11 is 0. The number of hydrogen-bond acceptors (Lipinski definition) is 5. The molecule has 3 rings (SSSR count). The highest BCUT2D eigenvalue weighted by Crippen LogP contribution is 2.22. The summed E-state index contributed by atoms with van der Waals surface area (Å²) in [5, 5.41) is 16.8. The number of nitriles is 1. The smallest absolute Gasteiger partial charge is 0.244 e. The molecule has 1 heterocycles. The van der Waals surface area contributed by atoms with E-state index in [1.807, 2.05) is 55.5 Å². The van der Waals surface area contributed by atoms with E-state index in [4.69, 9.17) is 10.5 Å². The number of anilines is 1. The first-order valence-corrected chi connectivity index (χ1v) is 9.97. The fourth-order valence-corrected chi connectivity index (χ4v) is 3.22. The van der Waals surface area contributed by atoms with Crippen molar-refractivity contribution in [2.24, 2.45) is 0 Å². The van der Waals surface area contributed by atoms with Crippen molar-refractivity contribution in [2.75, 3.05) is 19.4 Å². The second-order valence-electron chi connectivity index (χ2n) is 7.04. The number of amides is 1. The average molecular weight is 415 g/mol. The molecular weight excluding hydrogens is 390 g/mol. The van der Waals surface area contributed by atoms with Gasteiger partial charge in [0.2, 0.25) is 5.91 Å². The SMILES string of the molecule is COc1ccc(C)cc1/C=C/C(=O)NCCCc1nn(-c2ccccc2)c(N)c1C#N. The van der Waals surface area contributed by atoms with E-state index in [1.165, 1.54) is 6.08 Å². The van der Waals surface area contributed by atoms with Crippen molar-refractivity contribution in [3.63, 3.8) is 0 Å². The van der Waals surface area contributed by atoms with Gasteiger partial charge in [0.1, 0.15) is 23.2 Å². The predicted molar refractivity (Wildman–Crippen MR) is 121 cm³/mol. The lowest BCUT2D eigenvalue weighted by atomic mass is 10.1.